The van der Waals surface area contributed by atoms with Gasteiger partial charge in [-0.3, -0.25) is 14.9 Å². The van der Waals surface area contributed by atoms with E-state index < -0.39 is 22.3 Å². The number of para-hydroxylation sites is 1. The number of rotatable bonds is 8. The molecule has 0 bridgehead atoms. The van der Waals surface area contributed by atoms with Crippen LogP contribution in [0.4, 0.5) is 5.69 Å². The molecule has 0 fully saturated rings. The lowest BCUT2D eigenvalue weighted by Crippen LogP contribution is -2.28. The van der Waals surface area contributed by atoms with Gasteiger partial charge in [0.2, 0.25) is 5.75 Å². The lowest BCUT2D eigenvalue weighted by Gasteiger charge is -2.24. The highest BCUT2D eigenvalue weighted by Crippen LogP contribution is 2.29. The lowest BCUT2D eigenvalue weighted by molar-refractivity contribution is -0.385. The van der Waals surface area contributed by atoms with Gasteiger partial charge in [-0.15, -0.1) is 0 Å². The van der Waals surface area contributed by atoms with Crippen LogP contribution in [0.25, 0.3) is 0 Å². The predicted molar refractivity (Wildman–Crippen MR) is 94.2 cm³/mol. The van der Waals surface area contributed by atoms with Gasteiger partial charge in [-0.25, -0.2) is 0 Å². The van der Waals surface area contributed by atoms with E-state index in [0.29, 0.717) is 6.54 Å². The summed E-state index contributed by atoms with van der Waals surface area (Å²) in [6, 6.07) is 3.92. The zero-order valence-electron chi connectivity index (χ0n) is 14.8. The van der Waals surface area contributed by atoms with Gasteiger partial charge in [0.05, 0.1) is 10.5 Å². The molecule has 0 heterocycles. The number of carbonyl (C=O) groups excluding carboxylic acids is 1. The summed E-state index contributed by atoms with van der Waals surface area (Å²) in [5.41, 5.74) is 0.820. The van der Waals surface area contributed by atoms with Crippen molar-refractivity contribution in [2.75, 3.05) is 6.54 Å². The van der Waals surface area contributed by atoms with Gasteiger partial charge in [0.15, 0.2) is 0 Å². The summed E-state index contributed by atoms with van der Waals surface area (Å²) in [6.07, 6.45) is 4.98. The van der Waals surface area contributed by atoms with Gasteiger partial charge in [-0.2, -0.15) is 0 Å². The van der Waals surface area contributed by atoms with E-state index >= 15 is 0 Å². The Kier molecular flexibility index (Phi) is 6.95. The molecule has 132 valence electrons. The molecular formula is C18H26N2O4. The maximum absolute atomic E-state index is 12.1. The average Bonchev–Trinajstić information content (AvgIpc) is 2.46. The monoisotopic (exact) mass is 334 g/mol. The molecule has 0 spiro atoms. The van der Waals surface area contributed by atoms with Gasteiger partial charge >= 0.3 is 5.69 Å². The third-order valence-electron chi connectivity index (χ3n) is 3.92. The Morgan fingerprint density at radius 3 is 2.58 bits per heavy atom. The van der Waals surface area contributed by atoms with Crippen LogP contribution in [0, 0.1) is 15.5 Å². The molecule has 0 radical (unpaired) electrons. The van der Waals surface area contributed by atoms with Crippen LogP contribution in [-0.2, 0) is 0 Å². The Morgan fingerprint density at radius 2 is 2.00 bits per heavy atom. The van der Waals surface area contributed by atoms with E-state index in [2.05, 4.69) is 39.1 Å². The van der Waals surface area contributed by atoms with Crippen molar-refractivity contribution >= 4 is 11.6 Å². The van der Waals surface area contributed by atoms with Crippen molar-refractivity contribution in [1.29, 1.82) is 0 Å². The van der Waals surface area contributed by atoms with Crippen LogP contribution in [0.5, 0.6) is 5.75 Å². The van der Waals surface area contributed by atoms with Gasteiger partial charge in [0.1, 0.15) is 0 Å². The fourth-order valence-corrected chi connectivity index (χ4v) is 2.35. The third-order valence-corrected chi connectivity index (χ3v) is 3.92. The Bertz CT molecular complexity index is 632. The summed E-state index contributed by atoms with van der Waals surface area (Å²) >= 11 is 0. The minimum Gasteiger partial charge on any atom is -0.502 e. The van der Waals surface area contributed by atoms with E-state index in [4.69, 9.17) is 0 Å². The first kappa shape index (κ1) is 19.7. The highest BCUT2D eigenvalue weighted by atomic mass is 16.6. The van der Waals surface area contributed by atoms with Crippen molar-refractivity contribution in [3.8, 4) is 5.75 Å². The summed E-state index contributed by atoms with van der Waals surface area (Å²) in [4.78, 5) is 22.2. The largest absolute Gasteiger partial charge is 0.502 e. The minimum atomic E-state index is -0.710. The van der Waals surface area contributed by atoms with Gasteiger partial charge in [-0.1, -0.05) is 31.6 Å². The number of amides is 1. The molecule has 0 saturated heterocycles. The number of nitrogens with one attached hydrogen (secondary N) is 1. The quantitative estimate of drug-likeness (QED) is 0.423. The molecule has 24 heavy (non-hydrogen) atoms. The molecule has 1 rings (SSSR count). The number of nitrogens with zero attached hydrogens (tertiary/aromatic N) is 1. The van der Waals surface area contributed by atoms with Crippen LogP contribution in [0.1, 0.15) is 57.3 Å². The maximum atomic E-state index is 12.1. The SMILES string of the molecule is CC(C)=CCCC(C)(C)CCNC(=O)c1cccc([N+](=O)[O-])c1O. The fraction of sp³-hybridized carbons (Fsp3) is 0.500. The van der Waals surface area contributed by atoms with Crippen LogP contribution in [-0.4, -0.2) is 22.5 Å². The third kappa shape index (κ3) is 6.02. The molecule has 0 unspecified atom stereocenters. The number of nitro benzene ring substituents is 1. The van der Waals surface area contributed by atoms with Crippen molar-refractivity contribution in [2.45, 2.75) is 47.0 Å². The standard InChI is InChI=1S/C18H26N2O4/c1-13(2)7-6-10-18(3,4)11-12-19-17(22)14-8-5-9-15(16(14)21)20(23)24/h5,7-9,21H,6,10-12H2,1-4H3,(H,19,22). The van der Waals surface area contributed by atoms with E-state index in [9.17, 15) is 20.0 Å². The molecule has 6 nitrogen and oxygen atoms in total. The summed E-state index contributed by atoms with van der Waals surface area (Å²) in [5, 5.41) is 23.4. The smallest absolute Gasteiger partial charge is 0.311 e. The number of phenols is 1. The van der Waals surface area contributed by atoms with Crippen LogP contribution in [0.3, 0.4) is 0 Å². The molecule has 0 saturated carbocycles. The predicted octanol–water partition coefficient (Wildman–Crippen LogP) is 4.19. The first-order valence-electron chi connectivity index (χ1n) is 8.02. The van der Waals surface area contributed by atoms with Crippen LogP contribution in [0.2, 0.25) is 0 Å². The van der Waals surface area contributed by atoms with E-state index in [1.54, 1.807) is 0 Å². The van der Waals surface area contributed by atoms with Crippen molar-refractivity contribution in [2.24, 2.45) is 5.41 Å². The highest BCUT2D eigenvalue weighted by Gasteiger charge is 2.22. The summed E-state index contributed by atoms with van der Waals surface area (Å²) in [6.45, 7) is 8.87. The molecule has 1 amide bonds. The second kappa shape index (κ2) is 8.47. The van der Waals surface area contributed by atoms with E-state index in [1.807, 2.05) is 0 Å². The van der Waals surface area contributed by atoms with Gasteiger partial charge in [0, 0.05) is 12.6 Å². The number of nitro groups is 1. The summed E-state index contributed by atoms with van der Waals surface area (Å²) in [5.74, 6) is -1.10. The molecule has 1 aromatic carbocycles. The first-order valence-corrected chi connectivity index (χ1v) is 8.02. The van der Waals surface area contributed by atoms with E-state index in [0.717, 1.165) is 19.3 Å². The number of aromatic hydroxyl groups is 1. The first-order chi connectivity index (χ1) is 11.1. The van der Waals surface area contributed by atoms with Crippen LogP contribution < -0.4 is 5.32 Å². The van der Waals surface area contributed by atoms with Crippen molar-refractivity contribution in [3.63, 3.8) is 0 Å². The average molecular weight is 334 g/mol. The Balaban J connectivity index is 2.59. The second-order valence-electron chi connectivity index (χ2n) is 6.92. The number of allylic oxidation sites excluding steroid dienone is 2. The zero-order valence-corrected chi connectivity index (χ0v) is 14.8. The van der Waals surface area contributed by atoms with Crippen molar-refractivity contribution in [3.05, 3.63) is 45.5 Å². The number of phenolic OH excluding ortho intramolecular Hbond substituents is 1. The topological polar surface area (TPSA) is 92.5 Å². The summed E-state index contributed by atoms with van der Waals surface area (Å²) in [7, 11) is 0. The number of hydrogen-bond acceptors (Lipinski definition) is 4. The molecule has 0 atom stereocenters. The highest BCUT2D eigenvalue weighted by molar-refractivity contribution is 5.98. The van der Waals surface area contributed by atoms with Gasteiger partial charge in [0.25, 0.3) is 5.91 Å². The molecular weight excluding hydrogens is 308 g/mol. The van der Waals surface area contributed by atoms with Crippen LogP contribution in [0.15, 0.2) is 29.8 Å². The van der Waals surface area contributed by atoms with Gasteiger partial charge < -0.3 is 10.4 Å². The van der Waals surface area contributed by atoms with E-state index in [-0.39, 0.29) is 11.0 Å². The Morgan fingerprint density at radius 1 is 1.33 bits per heavy atom. The fourth-order valence-electron chi connectivity index (χ4n) is 2.35. The molecule has 1 aromatic rings. The molecule has 2 N–H and O–H groups in total. The Hall–Kier alpha value is -2.37. The number of benzene rings is 1. The lowest BCUT2D eigenvalue weighted by atomic mass is 9.84. The van der Waals surface area contributed by atoms with E-state index in [1.165, 1.54) is 23.8 Å². The zero-order chi connectivity index (χ0) is 18.3. The van der Waals surface area contributed by atoms with Crippen molar-refractivity contribution < 1.29 is 14.8 Å². The second-order valence-corrected chi connectivity index (χ2v) is 6.92. The number of carbonyl (C=O) groups is 1. The minimum absolute atomic E-state index is 0.0734. The van der Waals surface area contributed by atoms with Crippen molar-refractivity contribution in [1.82, 2.24) is 5.32 Å². The molecule has 0 aliphatic carbocycles. The molecule has 0 aliphatic heterocycles. The molecule has 0 aliphatic rings. The molecule has 0 aromatic heterocycles. The van der Waals surface area contributed by atoms with Crippen LogP contribution >= 0.6 is 0 Å². The maximum Gasteiger partial charge on any atom is 0.311 e. The normalized spacial score (nSPS) is 11.0. The van der Waals surface area contributed by atoms with Gasteiger partial charge in [-0.05, 0) is 44.6 Å². The summed E-state index contributed by atoms with van der Waals surface area (Å²) < 4.78 is 0. The Labute approximate surface area is 142 Å². The molecule has 6 heteroatoms. The number of hydrogen-bond donors (Lipinski definition) is 2.